The fraction of sp³-hybridized carbons (Fsp3) is 0.0800. The van der Waals surface area contributed by atoms with Gasteiger partial charge in [-0.15, -0.1) is 0 Å². The minimum Gasteiger partial charge on any atom is -0.378 e. The van der Waals surface area contributed by atoms with Crippen LogP contribution < -0.4 is 15.6 Å². The van der Waals surface area contributed by atoms with E-state index in [1.54, 1.807) is 36.4 Å². The maximum absolute atomic E-state index is 13.0. The lowest BCUT2D eigenvalue weighted by Gasteiger charge is -2.12. The van der Waals surface area contributed by atoms with E-state index in [1.165, 1.54) is 30.5 Å². The van der Waals surface area contributed by atoms with Gasteiger partial charge in [0.15, 0.2) is 0 Å². The molecule has 0 saturated carbocycles. The predicted octanol–water partition coefficient (Wildman–Crippen LogP) is 3.81. The number of halogens is 1. The van der Waals surface area contributed by atoms with Gasteiger partial charge < -0.3 is 10.2 Å². The van der Waals surface area contributed by atoms with Crippen molar-refractivity contribution in [3.63, 3.8) is 0 Å². The van der Waals surface area contributed by atoms with E-state index in [2.05, 4.69) is 15.8 Å². The number of nitrogens with zero attached hydrogens (tertiary/aromatic N) is 2. The molecule has 7 heteroatoms. The molecule has 0 spiro atoms. The summed E-state index contributed by atoms with van der Waals surface area (Å²) in [5.41, 5.74) is 5.21. The molecule has 2 amide bonds. The van der Waals surface area contributed by atoms with Crippen molar-refractivity contribution >= 4 is 29.8 Å². The number of hydrazone groups is 1. The molecule has 3 rings (SSSR count). The Balaban J connectivity index is 1.80. The summed E-state index contributed by atoms with van der Waals surface area (Å²) in [7, 11) is 3.87. The zero-order valence-corrected chi connectivity index (χ0v) is 17.7. The van der Waals surface area contributed by atoms with Gasteiger partial charge in [-0.1, -0.05) is 42.5 Å². The maximum atomic E-state index is 13.0. The zero-order valence-electron chi connectivity index (χ0n) is 17.7. The lowest BCUT2D eigenvalue weighted by atomic mass is 10.1. The molecular formula is C25H23FN4O2. The number of rotatable bonds is 7. The van der Waals surface area contributed by atoms with Crippen LogP contribution in [0, 0.1) is 5.82 Å². The van der Waals surface area contributed by atoms with Crippen LogP contribution >= 0.6 is 0 Å². The first-order valence-electron chi connectivity index (χ1n) is 9.87. The third kappa shape index (κ3) is 6.37. The molecule has 0 fully saturated rings. The van der Waals surface area contributed by atoms with E-state index in [-0.39, 0.29) is 11.5 Å². The number of hydrogen-bond donors (Lipinski definition) is 2. The number of nitrogens with one attached hydrogen (secondary N) is 2. The zero-order chi connectivity index (χ0) is 22.9. The molecule has 0 unspecified atom stereocenters. The standard InChI is InChI=1S/C25H23FN4O2/c1-30(2)22-14-10-18(11-15-22)16-23(28-24(31)20-6-4-3-5-7-20)25(32)29-27-17-19-8-12-21(26)13-9-19/h3-17H,1-2H3,(H,28,31)(H,29,32)/b23-16-,27-17+. The van der Waals surface area contributed by atoms with Crippen LogP contribution in [-0.2, 0) is 4.79 Å². The van der Waals surface area contributed by atoms with Crippen molar-refractivity contribution in [1.82, 2.24) is 10.7 Å². The second-order valence-electron chi connectivity index (χ2n) is 7.11. The third-order valence-electron chi connectivity index (χ3n) is 4.50. The van der Waals surface area contributed by atoms with Gasteiger partial charge in [-0.3, -0.25) is 9.59 Å². The summed E-state index contributed by atoms with van der Waals surface area (Å²) in [5, 5.41) is 6.56. The van der Waals surface area contributed by atoms with Gasteiger partial charge in [0, 0.05) is 25.3 Å². The lowest BCUT2D eigenvalue weighted by molar-refractivity contribution is -0.117. The van der Waals surface area contributed by atoms with Crippen molar-refractivity contribution in [2.24, 2.45) is 5.10 Å². The molecular weight excluding hydrogens is 407 g/mol. The van der Waals surface area contributed by atoms with Gasteiger partial charge >= 0.3 is 0 Å². The number of carbonyl (C=O) groups excluding carboxylic acids is 2. The minimum absolute atomic E-state index is 0.0349. The normalized spacial score (nSPS) is 11.3. The molecule has 2 N–H and O–H groups in total. The third-order valence-corrected chi connectivity index (χ3v) is 4.50. The van der Waals surface area contributed by atoms with Gasteiger partial charge in [-0.2, -0.15) is 5.10 Å². The van der Waals surface area contributed by atoms with Crippen molar-refractivity contribution < 1.29 is 14.0 Å². The Morgan fingerprint density at radius 3 is 2.12 bits per heavy atom. The molecule has 0 aliphatic heterocycles. The maximum Gasteiger partial charge on any atom is 0.287 e. The number of anilines is 1. The second-order valence-corrected chi connectivity index (χ2v) is 7.11. The summed E-state index contributed by atoms with van der Waals surface area (Å²) in [4.78, 5) is 27.3. The summed E-state index contributed by atoms with van der Waals surface area (Å²) < 4.78 is 13.0. The number of amides is 2. The fourth-order valence-electron chi connectivity index (χ4n) is 2.75. The van der Waals surface area contributed by atoms with Crippen LogP contribution in [0.3, 0.4) is 0 Å². The van der Waals surface area contributed by atoms with Crippen LogP contribution in [0.25, 0.3) is 6.08 Å². The fourth-order valence-corrected chi connectivity index (χ4v) is 2.75. The molecule has 0 aliphatic rings. The Bertz CT molecular complexity index is 1120. The monoisotopic (exact) mass is 430 g/mol. The molecule has 0 atom stereocenters. The minimum atomic E-state index is -0.593. The van der Waals surface area contributed by atoms with Crippen LogP contribution in [0.4, 0.5) is 10.1 Å². The van der Waals surface area contributed by atoms with Crippen LogP contribution in [0.1, 0.15) is 21.5 Å². The van der Waals surface area contributed by atoms with Crippen LogP contribution in [0.15, 0.2) is 89.7 Å². The van der Waals surface area contributed by atoms with Crippen molar-refractivity contribution in [3.05, 3.63) is 107 Å². The van der Waals surface area contributed by atoms with E-state index in [0.29, 0.717) is 11.1 Å². The van der Waals surface area contributed by atoms with Gasteiger partial charge in [0.2, 0.25) is 0 Å². The smallest absolute Gasteiger partial charge is 0.287 e. The van der Waals surface area contributed by atoms with Gasteiger partial charge in [0.05, 0.1) is 6.21 Å². The van der Waals surface area contributed by atoms with E-state index in [1.807, 2.05) is 43.3 Å². The quantitative estimate of drug-likeness (QED) is 0.340. The van der Waals surface area contributed by atoms with Gasteiger partial charge in [0.25, 0.3) is 11.8 Å². The molecule has 0 bridgehead atoms. The Labute approximate surface area is 186 Å². The Kier molecular flexibility index (Phi) is 7.48. The summed E-state index contributed by atoms with van der Waals surface area (Å²) in [5.74, 6) is -1.37. The highest BCUT2D eigenvalue weighted by molar-refractivity contribution is 6.05. The molecule has 6 nitrogen and oxygen atoms in total. The molecule has 162 valence electrons. The van der Waals surface area contributed by atoms with Crippen molar-refractivity contribution in [2.45, 2.75) is 0 Å². The highest BCUT2D eigenvalue weighted by Crippen LogP contribution is 2.14. The van der Waals surface area contributed by atoms with Crippen LogP contribution in [-0.4, -0.2) is 32.1 Å². The summed E-state index contributed by atoms with van der Waals surface area (Å²) in [6.07, 6.45) is 2.96. The van der Waals surface area contributed by atoms with Gasteiger partial charge in [-0.25, -0.2) is 9.82 Å². The van der Waals surface area contributed by atoms with E-state index < -0.39 is 11.8 Å². The summed E-state index contributed by atoms with van der Waals surface area (Å²) in [6.45, 7) is 0. The number of benzene rings is 3. The lowest BCUT2D eigenvalue weighted by Crippen LogP contribution is -2.32. The van der Waals surface area contributed by atoms with E-state index in [9.17, 15) is 14.0 Å². The number of hydrogen-bond acceptors (Lipinski definition) is 4. The molecule has 32 heavy (non-hydrogen) atoms. The summed E-state index contributed by atoms with van der Waals surface area (Å²) >= 11 is 0. The molecule has 3 aromatic carbocycles. The van der Waals surface area contributed by atoms with Crippen molar-refractivity contribution in [2.75, 3.05) is 19.0 Å². The van der Waals surface area contributed by atoms with Crippen LogP contribution in [0.2, 0.25) is 0 Å². The second kappa shape index (κ2) is 10.7. The molecule has 3 aromatic rings. The largest absolute Gasteiger partial charge is 0.378 e. The predicted molar refractivity (Wildman–Crippen MR) is 125 cm³/mol. The molecule has 0 radical (unpaired) electrons. The van der Waals surface area contributed by atoms with Gasteiger partial charge in [-0.05, 0) is 53.6 Å². The van der Waals surface area contributed by atoms with E-state index in [0.717, 1.165) is 11.3 Å². The van der Waals surface area contributed by atoms with Crippen molar-refractivity contribution in [1.29, 1.82) is 0 Å². The highest BCUT2D eigenvalue weighted by Gasteiger charge is 2.14. The number of carbonyl (C=O) groups is 2. The highest BCUT2D eigenvalue weighted by atomic mass is 19.1. The Morgan fingerprint density at radius 1 is 0.875 bits per heavy atom. The van der Waals surface area contributed by atoms with E-state index >= 15 is 0 Å². The Morgan fingerprint density at radius 2 is 1.50 bits per heavy atom. The average Bonchev–Trinajstić information content (AvgIpc) is 2.80. The van der Waals surface area contributed by atoms with Gasteiger partial charge in [0.1, 0.15) is 11.5 Å². The topological polar surface area (TPSA) is 73.8 Å². The SMILES string of the molecule is CN(C)c1ccc(/C=C(\NC(=O)c2ccccc2)C(=O)N/N=C/c2ccc(F)cc2)cc1. The Hall–Kier alpha value is -4.26. The van der Waals surface area contributed by atoms with E-state index in [4.69, 9.17) is 0 Å². The first kappa shape index (κ1) is 22.4. The molecule has 0 aromatic heterocycles. The first-order chi connectivity index (χ1) is 15.4. The molecule has 0 heterocycles. The first-order valence-corrected chi connectivity index (χ1v) is 9.87. The van der Waals surface area contributed by atoms with Crippen LogP contribution in [0.5, 0.6) is 0 Å². The average molecular weight is 430 g/mol. The summed E-state index contributed by atoms with van der Waals surface area (Å²) in [6, 6.07) is 21.8. The van der Waals surface area contributed by atoms with Crippen molar-refractivity contribution in [3.8, 4) is 0 Å². The molecule has 0 saturated heterocycles. The molecule has 0 aliphatic carbocycles.